The summed E-state index contributed by atoms with van der Waals surface area (Å²) >= 11 is 0. The number of amides is 1. The first-order valence-corrected chi connectivity index (χ1v) is 6.03. The Labute approximate surface area is 91.6 Å². The van der Waals surface area contributed by atoms with E-state index in [1.54, 1.807) is 0 Å². The van der Waals surface area contributed by atoms with E-state index in [0.29, 0.717) is 5.91 Å². The van der Waals surface area contributed by atoms with Gasteiger partial charge in [0.15, 0.2) is 0 Å². The molecule has 4 nitrogen and oxygen atoms in total. The predicted molar refractivity (Wildman–Crippen MR) is 59.7 cm³/mol. The lowest BCUT2D eigenvalue weighted by Gasteiger charge is -2.29. The third kappa shape index (κ3) is 2.49. The summed E-state index contributed by atoms with van der Waals surface area (Å²) in [5, 5.41) is 3.28. The van der Waals surface area contributed by atoms with Crippen molar-refractivity contribution in [1.82, 2.24) is 15.1 Å². The fourth-order valence-corrected chi connectivity index (χ4v) is 2.46. The van der Waals surface area contributed by atoms with E-state index in [4.69, 9.17) is 0 Å². The molecule has 2 heterocycles. The number of hydrogen-bond acceptors (Lipinski definition) is 3. The van der Waals surface area contributed by atoms with Crippen LogP contribution in [0.2, 0.25) is 0 Å². The van der Waals surface area contributed by atoms with Crippen LogP contribution >= 0.6 is 0 Å². The fourth-order valence-electron chi connectivity index (χ4n) is 2.46. The Morgan fingerprint density at radius 2 is 2.07 bits per heavy atom. The van der Waals surface area contributed by atoms with Crippen molar-refractivity contribution in [2.75, 3.05) is 45.8 Å². The molecule has 86 valence electrons. The predicted octanol–water partition coefficient (Wildman–Crippen LogP) is -0.240. The standard InChI is InChI=1S/C11H21N3O/c1-2-13-6-3-10(9-13)11(15)14-7-4-12-5-8-14/h10,12H,2-9H2,1H3/t10-/m0/s1. The number of nitrogens with zero attached hydrogens (tertiary/aromatic N) is 2. The van der Waals surface area contributed by atoms with Crippen molar-refractivity contribution in [1.29, 1.82) is 0 Å². The Kier molecular flexibility index (Phi) is 3.59. The highest BCUT2D eigenvalue weighted by atomic mass is 16.2. The summed E-state index contributed by atoms with van der Waals surface area (Å²) in [6.07, 6.45) is 1.05. The number of piperazine rings is 1. The van der Waals surface area contributed by atoms with E-state index in [9.17, 15) is 4.79 Å². The van der Waals surface area contributed by atoms with Crippen molar-refractivity contribution in [2.45, 2.75) is 13.3 Å². The minimum atomic E-state index is 0.267. The van der Waals surface area contributed by atoms with Gasteiger partial charge in [-0.25, -0.2) is 0 Å². The minimum absolute atomic E-state index is 0.267. The Balaban J connectivity index is 1.85. The van der Waals surface area contributed by atoms with E-state index in [1.165, 1.54) is 0 Å². The van der Waals surface area contributed by atoms with Crippen molar-refractivity contribution in [3.8, 4) is 0 Å². The molecule has 2 aliphatic heterocycles. The van der Waals surface area contributed by atoms with Crippen LogP contribution in [0.15, 0.2) is 0 Å². The first-order valence-electron chi connectivity index (χ1n) is 6.03. The van der Waals surface area contributed by atoms with Gasteiger partial charge in [0.05, 0.1) is 5.92 Å². The topological polar surface area (TPSA) is 35.6 Å². The quantitative estimate of drug-likeness (QED) is 0.685. The third-order valence-corrected chi connectivity index (χ3v) is 3.50. The number of nitrogens with one attached hydrogen (secondary N) is 1. The lowest BCUT2D eigenvalue weighted by molar-refractivity contribution is -0.135. The summed E-state index contributed by atoms with van der Waals surface area (Å²) in [4.78, 5) is 16.5. The lowest BCUT2D eigenvalue weighted by Crippen LogP contribution is -2.48. The molecule has 4 heteroatoms. The maximum absolute atomic E-state index is 12.1. The Bertz CT molecular complexity index is 226. The average Bonchev–Trinajstić information content (AvgIpc) is 2.78. The zero-order valence-electron chi connectivity index (χ0n) is 9.54. The second-order valence-electron chi connectivity index (χ2n) is 4.45. The van der Waals surface area contributed by atoms with Gasteiger partial charge in [-0.2, -0.15) is 0 Å². The minimum Gasteiger partial charge on any atom is -0.340 e. The van der Waals surface area contributed by atoms with Crippen LogP contribution in [0.3, 0.4) is 0 Å². The van der Waals surface area contributed by atoms with Crippen molar-refractivity contribution in [3.63, 3.8) is 0 Å². The number of carbonyl (C=O) groups is 1. The summed E-state index contributed by atoms with van der Waals surface area (Å²) in [6.45, 7) is 9.00. The van der Waals surface area contributed by atoms with E-state index in [2.05, 4.69) is 17.1 Å². The molecule has 0 radical (unpaired) electrons. The molecule has 15 heavy (non-hydrogen) atoms. The van der Waals surface area contributed by atoms with Crippen molar-refractivity contribution in [2.24, 2.45) is 5.92 Å². The van der Waals surface area contributed by atoms with Gasteiger partial charge in [0.1, 0.15) is 0 Å². The zero-order chi connectivity index (χ0) is 10.7. The van der Waals surface area contributed by atoms with Gasteiger partial charge in [-0.3, -0.25) is 4.79 Å². The first-order chi connectivity index (χ1) is 7.31. The van der Waals surface area contributed by atoms with Crippen LogP contribution in [0.4, 0.5) is 0 Å². The van der Waals surface area contributed by atoms with Gasteiger partial charge >= 0.3 is 0 Å². The van der Waals surface area contributed by atoms with Crippen LogP contribution in [0, 0.1) is 5.92 Å². The molecular formula is C11H21N3O. The van der Waals surface area contributed by atoms with Crippen LogP contribution in [0.25, 0.3) is 0 Å². The van der Waals surface area contributed by atoms with E-state index in [1.807, 2.05) is 4.90 Å². The van der Waals surface area contributed by atoms with Crippen molar-refractivity contribution < 1.29 is 4.79 Å². The number of carbonyl (C=O) groups excluding carboxylic acids is 1. The van der Waals surface area contributed by atoms with Crippen LogP contribution in [0.1, 0.15) is 13.3 Å². The average molecular weight is 211 g/mol. The molecule has 0 aromatic carbocycles. The highest BCUT2D eigenvalue weighted by Gasteiger charge is 2.30. The largest absolute Gasteiger partial charge is 0.340 e. The Morgan fingerprint density at radius 3 is 2.67 bits per heavy atom. The van der Waals surface area contributed by atoms with Gasteiger partial charge < -0.3 is 15.1 Å². The molecule has 0 unspecified atom stereocenters. The monoisotopic (exact) mass is 211 g/mol. The first kappa shape index (κ1) is 10.9. The smallest absolute Gasteiger partial charge is 0.227 e. The number of likely N-dealkylation sites (tertiary alicyclic amines) is 1. The highest BCUT2D eigenvalue weighted by molar-refractivity contribution is 5.79. The van der Waals surface area contributed by atoms with E-state index < -0.39 is 0 Å². The number of hydrogen-bond donors (Lipinski definition) is 1. The van der Waals surface area contributed by atoms with Gasteiger partial charge in [0.2, 0.25) is 5.91 Å². The van der Waals surface area contributed by atoms with Crippen molar-refractivity contribution in [3.05, 3.63) is 0 Å². The van der Waals surface area contributed by atoms with Gasteiger partial charge in [-0.1, -0.05) is 6.92 Å². The van der Waals surface area contributed by atoms with Gasteiger partial charge in [-0.05, 0) is 19.5 Å². The van der Waals surface area contributed by atoms with Crippen LogP contribution in [-0.4, -0.2) is 61.5 Å². The molecule has 0 bridgehead atoms. The third-order valence-electron chi connectivity index (χ3n) is 3.50. The van der Waals surface area contributed by atoms with Crippen LogP contribution < -0.4 is 5.32 Å². The molecule has 0 aliphatic carbocycles. The molecule has 2 saturated heterocycles. The summed E-state index contributed by atoms with van der Waals surface area (Å²) in [5.74, 6) is 0.649. The molecule has 0 aromatic heterocycles. The molecule has 2 fully saturated rings. The lowest BCUT2D eigenvalue weighted by atomic mass is 10.1. The normalized spacial score (nSPS) is 28.3. The molecule has 1 amide bonds. The summed E-state index contributed by atoms with van der Waals surface area (Å²) < 4.78 is 0. The summed E-state index contributed by atoms with van der Waals surface area (Å²) in [5.41, 5.74) is 0. The van der Waals surface area contributed by atoms with Gasteiger partial charge in [-0.15, -0.1) is 0 Å². The molecule has 2 aliphatic rings. The molecule has 0 spiro atoms. The number of rotatable bonds is 2. The Morgan fingerprint density at radius 1 is 1.33 bits per heavy atom. The molecule has 1 N–H and O–H groups in total. The fraction of sp³-hybridized carbons (Fsp3) is 0.909. The molecular weight excluding hydrogens is 190 g/mol. The van der Waals surface area contributed by atoms with Crippen molar-refractivity contribution >= 4 is 5.91 Å². The maximum Gasteiger partial charge on any atom is 0.227 e. The molecule has 0 saturated carbocycles. The molecule has 2 rings (SSSR count). The van der Waals surface area contributed by atoms with E-state index in [0.717, 1.165) is 52.2 Å². The van der Waals surface area contributed by atoms with E-state index >= 15 is 0 Å². The summed E-state index contributed by atoms with van der Waals surface area (Å²) in [7, 11) is 0. The van der Waals surface area contributed by atoms with Crippen LogP contribution in [-0.2, 0) is 4.79 Å². The molecule has 0 aromatic rings. The second kappa shape index (κ2) is 4.94. The van der Waals surface area contributed by atoms with Crippen LogP contribution in [0.5, 0.6) is 0 Å². The van der Waals surface area contributed by atoms with Gasteiger partial charge in [0.25, 0.3) is 0 Å². The SMILES string of the molecule is CCN1CC[C@H](C(=O)N2CCNCC2)C1. The highest BCUT2D eigenvalue weighted by Crippen LogP contribution is 2.18. The second-order valence-corrected chi connectivity index (χ2v) is 4.45. The van der Waals surface area contributed by atoms with E-state index in [-0.39, 0.29) is 5.92 Å². The maximum atomic E-state index is 12.1. The summed E-state index contributed by atoms with van der Waals surface area (Å²) in [6, 6.07) is 0. The molecule has 1 atom stereocenters. The Hall–Kier alpha value is -0.610. The zero-order valence-corrected chi connectivity index (χ0v) is 9.54. The van der Waals surface area contributed by atoms with Gasteiger partial charge in [0, 0.05) is 32.7 Å².